The van der Waals surface area contributed by atoms with Gasteiger partial charge in [0.05, 0.1) is 0 Å². The van der Waals surface area contributed by atoms with E-state index >= 15 is 0 Å². The minimum atomic E-state index is -0.235. The van der Waals surface area contributed by atoms with Gasteiger partial charge in [0.25, 0.3) is 5.91 Å². The molecular formula is C12H15BrClN3O2. The second-order valence-electron chi connectivity index (χ2n) is 4.27. The Hall–Kier alpha value is -1.27. The Bertz CT molecular complexity index is 487. The number of oxime groups is 1. The summed E-state index contributed by atoms with van der Waals surface area (Å²) >= 11 is 9.19. The lowest BCUT2D eigenvalue weighted by molar-refractivity contribution is 0.0786. The number of nitrogens with zero attached hydrogens (tertiary/aromatic N) is 2. The Morgan fingerprint density at radius 3 is 2.74 bits per heavy atom. The molecule has 0 bridgehead atoms. The number of rotatable bonds is 4. The molecule has 0 aliphatic carbocycles. The van der Waals surface area contributed by atoms with Crippen LogP contribution < -0.4 is 5.73 Å². The molecule has 104 valence electrons. The van der Waals surface area contributed by atoms with Crippen molar-refractivity contribution in [3.63, 3.8) is 0 Å². The van der Waals surface area contributed by atoms with Crippen LogP contribution >= 0.6 is 27.5 Å². The molecule has 0 aliphatic heterocycles. The van der Waals surface area contributed by atoms with Crippen LogP contribution in [0, 0.1) is 5.92 Å². The number of carbonyl (C=O) groups excluding carboxylic acids is 1. The van der Waals surface area contributed by atoms with Gasteiger partial charge in [0.15, 0.2) is 0 Å². The second kappa shape index (κ2) is 6.77. The first-order valence-corrected chi connectivity index (χ1v) is 6.71. The molecule has 1 amide bonds. The molecule has 1 unspecified atom stereocenters. The zero-order valence-corrected chi connectivity index (χ0v) is 12.9. The summed E-state index contributed by atoms with van der Waals surface area (Å²) in [6, 6.07) is 5.00. The molecule has 0 radical (unpaired) electrons. The Labute approximate surface area is 125 Å². The van der Waals surface area contributed by atoms with Crippen molar-refractivity contribution in [2.45, 2.75) is 6.92 Å². The Kier molecular flexibility index (Phi) is 5.62. The first-order valence-electron chi connectivity index (χ1n) is 5.54. The third-order valence-electron chi connectivity index (χ3n) is 2.62. The predicted molar refractivity (Wildman–Crippen MR) is 78.7 cm³/mol. The number of halogens is 2. The smallest absolute Gasteiger partial charge is 0.253 e. The van der Waals surface area contributed by atoms with Gasteiger partial charge in [0.2, 0.25) is 0 Å². The fourth-order valence-electron chi connectivity index (χ4n) is 1.58. The number of hydrogen-bond acceptors (Lipinski definition) is 3. The molecule has 1 atom stereocenters. The lowest BCUT2D eigenvalue weighted by Gasteiger charge is -2.21. The SMILES string of the molecule is CC(CN(C)C(=O)c1cc(Cl)cc(Br)c1)/C(N)=N/O. The van der Waals surface area contributed by atoms with Crippen LogP contribution in [-0.4, -0.2) is 35.4 Å². The van der Waals surface area contributed by atoms with Gasteiger partial charge in [0.1, 0.15) is 5.84 Å². The van der Waals surface area contributed by atoms with Crippen LogP contribution in [0.25, 0.3) is 0 Å². The van der Waals surface area contributed by atoms with E-state index in [0.717, 1.165) is 4.47 Å². The zero-order chi connectivity index (χ0) is 14.6. The lowest BCUT2D eigenvalue weighted by Crippen LogP contribution is -2.36. The fraction of sp³-hybridized carbons (Fsp3) is 0.333. The number of carbonyl (C=O) groups is 1. The number of amides is 1. The molecule has 1 aromatic rings. The van der Waals surface area contributed by atoms with Gasteiger partial charge in [-0.1, -0.05) is 39.6 Å². The minimum Gasteiger partial charge on any atom is -0.409 e. The Morgan fingerprint density at radius 2 is 2.21 bits per heavy atom. The van der Waals surface area contributed by atoms with Gasteiger partial charge in [-0.15, -0.1) is 0 Å². The number of hydrogen-bond donors (Lipinski definition) is 2. The molecule has 7 heteroatoms. The van der Waals surface area contributed by atoms with Crippen molar-refractivity contribution < 1.29 is 10.0 Å². The van der Waals surface area contributed by atoms with Crippen LogP contribution in [0.4, 0.5) is 0 Å². The van der Waals surface area contributed by atoms with Gasteiger partial charge < -0.3 is 15.8 Å². The zero-order valence-electron chi connectivity index (χ0n) is 10.6. The molecule has 0 saturated heterocycles. The van der Waals surface area contributed by atoms with Crippen molar-refractivity contribution in [2.75, 3.05) is 13.6 Å². The molecule has 0 aliphatic rings. The molecule has 5 nitrogen and oxygen atoms in total. The largest absolute Gasteiger partial charge is 0.409 e. The van der Waals surface area contributed by atoms with Gasteiger partial charge >= 0.3 is 0 Å². The van der Waals surface area contributed by atoms with E-state index in [1.807, 2.05) is 0 Å². The predicted octanol–water partition coefficient (Wildman–Crippen LogP) is 2.56. The first kappa shape index (κ1) is 15.8. The highest BCUT2D eigenvalue weighted by molar-refractivity contribution is 9.10. The van der Waals surface area contributed by atoms with E-state index in [0.29, 0.717) is 17.1 Å². The molecule has 19 heavy (non-hydrogen) atoms. The van der Waals surface area contributed by atoms with Gasteiger partial charge in [-0.2, -0.15) is 0 Å². The highest BCUT2D eigenvalue weighted by atomic mass is 79.9. The van der Waals surface area contributed by atoms with E-state index in [2.05, 4.69) is 21.1 Å². The Balaban J connectivity index is 2.82. The summed E-state index contributed by atoms with van der Waals surface area (Å²) in [6.07, 6.45) is 0. The fourth-order valence-corrected chi connectivity index (χ4v) is 2.44. The number of benzene rings is 1. The molecule has 0 saturated carbocycles. The maximum atomic E-state index is 12.2. The van der Waals surface area contributed by atoms with E-state index < -0.39 is 0 Å². The molecule has 0 heterocycles. The quantitative estimate of drug-likeness (QED) is 0.380. The molecule has 0 spiro atoms. The molecule has 0 aromatic heterocycles. The minimum absolute atomic E-state index is 0.0897. The molecule has 0 fully saturated rings. The van der Waals surface area contributed by atoms with Crippen molar-refractivity contribution in [3.8, 4) is 0 Å². The van der Waals surface area contributed by atoms with Crippen molar-refractivity contribution >= 4 is 39.3 Å². The molecule has 3 N–H and O–H groups in total. The maximum Gasteiger partial charge on any atom is 0.253 e. The average molecular weight is 349 g/mol. The van der Waals surface area contributed by atoms with Crippen molar-refractivity contribution in [1.29, 1.82) is 0 Å². The number of nitrogens with two attached hydrogens (primary N) is 1. The van der Waals surface area contributed by atoms with Gasteiger partial charge in [-0.3, -0.25) is 4.79 Å². The summed E-state index contributed by atoms with van der Waals surface area (Å²) in [5.41, 5.74) is 5.97. The van der Waals surface area contributed by atoms with E-state index in [9.17, 15) is 4.79 Å². The first-order chi connectivity index (χ1) is 8.85. The third-order valence-corrected chi connectivity index (χ3v) is 3.30. The highest BCUT2D eigenvalue weighted by Gasteiger charge is 2.17. The van der Waals surface area contributed by atoms with E-state index in [1.165, 1.54) is 4.90 Å². The highest BCUT2D eigenvalue weighted by Crippen LogP contribution is 2.20. The molecule has 1 rings (SSSR count). The monoisotopic (exact) mass is 347 g/mol. The summed E-state index contributed by atoms with van der Waals surface area (Å²) in [5.74, 6) is -0.325. The van der Waals surface area contributed by atoms with Gasteiger partial charge in [-0.05, 0) is 18.2 Å². The van der Waals surface area contributed by atoms with E-state index in [1.54, 1.807) is 32.2 Å². The normalized spacial score (nSPS) is 13.2. The second-order valence-corrected chi connectivity index (χ2v) is 5.62. The van der Waals surface area contributed by atoms with E-state index in [4.69, 9.17) is 22.5 Å². The van der Waals surface area contributed by atoms with E-state index in [-0.39, 0.29) is 17.7 Å². The van der Waals surface area contributed by atoms with Crippen LogP contribution in [0.3, 0.4) is 0 Å². The van der Waals surface area contributed by atoms with Crippen LogP contribution in [0.5, 0.6) is 0 Å². The standard InChI is InChI=1S/C12H15BrClN3O2/c1-7(11(15)16-19)6-17(2)12(18)8-3-9(13)5-10(14)4-8/h3-5,7,19H,6H2,1-2H3,(H2,15,16). The third kappa shape index (κ3) is 4.40. The molecule has 1 aromatic carbocycles. The van der Waals surface area contributed by atoms with Crippen LogP contribution in [0.2, 0.25) is 5.02 Å². The van der Waals surface area contributed by atoms with Crippen LogP contribution in [-0.2, 0) is 0 Å². The Morgan fingerprint density at radius 1 is 1.58 bits per heavy atom. The molecular weight excluding hydrogens is 334 g/mol. The summed E-state index contributed by atoms with van der Waals surface area (Å²) in [6.45, 7) is 2.12. The summed E-state index contributed by atoms with van der Waals surface area (Å²) in [5, 5.41) is 12.0. The topological polar surface area (TPSA) is 78.9 Å². The van der Waals surface area contributed by atoms with Crippen molar-refractivity contribution in [1.82, 2.24) is 4.90 Å². The van der Waals surface area contributed by atoms with Crippen LogP contribution in [0.1, 0.15) is 17.3 Å². The van der Waals surface area contributed by atoms with Gasteiger partial charge in [0, 0.05) is 34.6 Å². The van der Waals surface area contributed by atoms with Gasteiger partial charge in [-0.25, -0.2) is 0 Å². The van der Waals surface area contributed by atoms with Crippen molar-refractivity contribution in [3.05, 3.63) is 33.3 Å². The number of amidine groups is 1. The average Bonchev–Trinajstić information content (AvgIpc) is 2.35. The van der Waals surface area contributed by atoms with Crippen LogP contribution in [0.15, 0.2) is 27.8 Å². The van der Waals surface area contributed by atoms with Crippen molar-refractivity contribution in [2.24, 2.45) is 16.8 Å². The summed E-state index contributed by atoms with van der Waals surface area (Å²) in [4.78, 5) is 13.7. The maximum absolute atomic E-state index is 12.2. The summed E-state index contributed by atoms with van der Waals surface area (Å²) < 4.78 is 0.737. The summed E-state index contributed by atoms with van der Waals surface area (Å²) in [7, 11) is 1.65. The lowest BCUT2D eigenvalue weighted by atomic mass is 10.1.